The topological polar surface area (TPSA) is 56.0 Å². The van der Waals surface area contributed by atoms with Gasteiger partial charge in [-0.25, -0.2) is 13.8 Å². The Bertz CT molecular complexity index is 958. The van der Waals surface area contributed by atoms with Gasteiger partial charge in [0.15, 0.2) is 0 Å². The second-order valence-electron chi connectivity index (χ2n) is 6.50. The zero-order valence-corrected chi connectivity index (χ0v) is 14.4. The van der Waals surface area contributed by atoms with Crippen LogP contribution < -0.4 is 10.5 Å². The van der Waals surface area contributed by atoms with Gasteiger partial charge in [0, 0.05) is 30.9 Å². The van der Waals surface area contributed by atoms with Gasteiger partial charge in [0.25, 0.3) is 5.56 Å². The van der Waals surface area contributed by atoms with E-state index in [-0.39, 0.29) is 11.4 Å². The highest BCUT2D eigenvalue weighted by Gasteiger charge is 2.13. The van der Waals surface area contributed by atoms with Crippen molar-refractivity contribution < 1.29 is 4.39 Å². The van der Waals surface area contributed by atoms with E-state index < -0.39 is 0 Å². The molecule has 0 saturated carbocycles. The highest BCUT2D eigenvalue weighted by atomic mass is 19.1. The first-order valence-corrected chi connectivity index (χ1v) is 8.81. The van der Waals surface area contributed by atoms with Gasteiger partial charge < -0.3 is 4.90 Å². The quantitative estimate of drug-likeness (QED) is 0.723. The zero-order valence-electron chi connectivity index (χ0n) is 14.4. The molecular formula is C19H20FN5O. The first kappa shape index (κ1) is 16.5. The summed E-state index contributed by atoms with van der Waals surface area (Å²) in [6, 6.07) is 8.08. The van der Waals surface area contributed by atoms with Crippen LogP contribution in [0.4, 0.5) is 10.1 Å². The molecule has 3 heterocycles. The number of aromatic nitrogens is 4. The van der Waals surface area contributed by atoms with Crippen LogP contribution in [0.1, 0.15) is 24.8 Å². The van der Waals surface area contributed by atoms with E-state index in [1.54, 1.807) is 42.9 Å². The minimum Gasteiger partial charge on any atom is -0.370 e. The lowest BCUT2D eigenvalue weighted by Gasteiger charge is -2.28. The molecule has 0 aliphatic carbocycles. The van der Waals surface area contributed by atoms with Crippen molar-refractivity contribution in [3.05, 3.63) is 70.7 Å². The molecule has 0 spiro atoms. The Hall–Kier alpha value is -2.96. The van der Waals surface area contributed by atoms with Gasteiger partial charge >= 0.3 is 0 Å². The average Bonchev–Trinajstić information content (AvgIpc) is 3.13. The van der Waals surface area contributed by atoms with Crippen molar-refractivity contribution in [3.8, 4) is 5.69 Å². The van der Waals surface area contributed by atoms with Crippen LogP contribution in [-0.2, 0) is 6.54 Å². The molecule has 0 bridgehead atoms. The molecule has 1 aliphatic heterocycles. The molecule has 0 N–H and O–H groups in total. The molecule has 26 heavy (non-hydrogen) atoms. The van der Waals surface area contributed by atoms with Crippen LogP contribution in [0.15, 0.2) is 53.7 Å². The van der Waals surface area contributed by atoms with E-state index in [0.29, 0.717) is 12.2 Å². The molecule has 1 saturated heterocycles. The number of rotatable bonds is 4. The van der Waals surface area contributed by atoms with Gasteiger partial charge in [-0.05, 0) is 31.4 Å². The van der Waals surface area contributed by atoms with Crippen LogP contribution >= 0.6 is 0 Å². The molecule has 2 aromatic heterocycles. The fourth-order valence-corrected chi connectivity index (χ4v) is 3.25. The van der Waals surface area contributed by atoms with Crippen LogP contribution in [0.5, 0.6) is 0 Å². The van der Waals surface area contributed by atoms with Crippen molar-refractivity contribution in [1.29, 1.82) is 0 Å². The third-order valence-corrected chi connectivity index (χ3v) is 4.64. The maximum Gasteiger partial charge on any atom is 0.269 e. The molecule has 4 rings (SSSR count). The second kappa shape index (κ2) is 7.11. The van der Waals surface area contributed by atoms with Gasteiger partial charge in [-0.15, -0.1) is 0 Å². The first-order chi connectivity index (χ1) is 12.7. The molecule has 134 valence electrons. The Balaban J connectivity index is 1.53. The van der Waals surface area contributed by atoms with E-state index in [2.05, 4.69) is 15.1 Å². The number of benzene rings is 1. The molecule has 0 radical (unpaired) electrons. The Morgan fingerprint density at radius 3 is 2.62 bits per heavy atom. The third kappa shape index (κ3) is 3.37. The molecule has 1 aliphatic rings. The van der Waals surface area contributed by atoms with E-state index in [1.807, 2.05) is 0 Å². The Kier molecular flexibility index (Phi) is 4.51. The maximum atomic E-state index is 13.9. The number of halogens is 1. The number of para-hydroxylation sites is 1. The summed E-state index contributed by atoms with van der Waals surface area (Å²) in [7, 11) is 0. The number of piperidine rings is 1. The predicted molar refractivity (Wildman–Crippen MR) is 97.2 cm³/mol. The smallest absolute Gasteiger partial charge is 0.269 e. The molecule has 7 heteroatoms. The maximum absolute atomic E-state index is 13.9. The van der Waals surface area contributed by atoms with E-state index in [0.717, 1.165) is 37.2 Å². The molecule has 0 unspecified atom stereocenters. The van der Waals surface area contributed by atoms with Crippen molar-refractivity contribution in [3.63, 3.8) is 0 Å². The highest BCUT2D eigenvalue weighted by Crippen LogP contribution is 2.17. The van der Waals surface area contributed by atoms with Gasteiger partial charge in [0.2, 0.25) is 0 Å². The van der Waals surface area contributed by atoms with Crippen LogP contribution in [0.3, 0.4) is 0 Å². The molecular weight excluding hydrogens is 333 g/mol. The monoisotopic (exact) mass is 353 g/mol. The number of hydrogen-bond donors (Lipinski definition) is 0. The van der Waals surface area contributed by atoms with Crippen molar-refractivity contribution in [1.82, 2.24) is 19.6 Å². The van der Waals surface area contributed by atoms with Gasteiger partial charge in [-0.1, -0.05) is 12.1 Å². The molecule has 1 fully saturated rings. The van der Waals surface area contributed by atoms with Gasteiger partial charge in [-0.3, -0.25) is 4.79 Å². The van der Waals surface area contributed by atoms with Crippen LogP contribution in [0, 0.1) is 5.82 Å². The summed E-state index contributed by atoms with van der Waals surface area (Å²) in [5.74, 6) is -0.344. The lowest BCUT2D eigenvalue weighted by Crippen LogP contribution is -2.32. The average molecular weight is 353 g/mol. The minimum atomic E-state index is -0.344. The van der Waals surface area contributed by atoms with Crippen molar-refractivity contribution in [2.45, 2.75) is 25.8 Å². The fraction of sp³-hybridized carbons (Fsp3) is 0.316. The summed E-state index contributed by atoms with van der Waals surface area (Å²) in [5.41, 5.74) is 1.90. The lowest BCUT2D eigenvalue weighted by molar-refractivity contribution is 0.571. The van der Waals surface area contributed by atoms with Gasteiger partial charge in [0.05, 0.1) is 24.6 Å². The third-order valence-electron chi connectivity index (χ3n) is 4.64. The molecule has 0 atom stereocenters. The van der Waals surface area contributed by atoms with Crippen molar-refractivity contribution >= 4 is 5.69 Å². The van der Waals surface area contributed by atoms with E-state index in [1.165, 1.54) is 21.9 Å². The Morgan fingerprint density at radius 1 is 1.04 bits per heavy atom. The second-order valence-corrected chi connectivity index (χ2v) is 6.50. The zero-order chi connectivity index (χ0) is 17.9. The fourth-order valence-electron chi connectivity index (χ4n) is 3.25. The summed E-state index contributed by atoms with van der Waals surface area (Å²) >= 11 is 0. The largest absolute Gasteiger partial charge is 0.370 e. The summed E-state index contributed by atoms with van der Waals surface area (Å²) in [6.07, 6.45) is 8.63. The van der Waals surface area contributed by atoms with Crippen LogP contribution in [-0.4, -0.2) is 32.7 Å². The number of anilines is 1. The van der Waals surface area contributed by atoms with Crippen molar-refractivity contribution in [2.24, 2.45) is 0 Å². The molecule has 6 nitrogen and oxygen atoms in total. The number of hydrogen-bond acceptors (Lipinski definition) is 4. The van der Waals surface area contributed by atoms with Crippen LogP contribution in [0.2, 0.25) is 0 Å². The highest BCUT2D eigenvalue weighted by molar-refractivity contribution is 5.43. The minimum absolute atomic E-state index is 0.147. The Labute approximate surface area is 150 Å². The standard InChI is InChI=1S/C19H20FN5O/c20-17-6-2-3-7-18(17)24-13-15(11-21-24)14-25-19(26)10-16(12-22-25)23-8-4-1-5-9-23/h2-3,6-7,10-13H,1,4-5,8-9,14H2. The summed E-state index contributed by atoms with van der Waals surface area (Å²) < 4.78 is 16.7. The van der Waals surface area contributed by atoms with Crippen LogP contribution in [0.25, 0.3) is 5.69 Å². The molecule has 0 amide bonds. The number of nitrogens with zero attached hydrogens (tertiary/aromatic N) is 5. The first-order valence-electron chi connectivity index (χ1n) is 8.81. The van der Waals surface area contributed by atoms with Crippen molar-refractivity contribution in [2.75, 3.05) is 18.0 Å². The summed E-state index contributed by atoms with van der Waals surface area (Å²) in [5, 5.41) is 8.49. The van der Waals surface area contributed by atoms with E-state index >= 15 is 0 Å². The predicted octanol–water partition coefficient (Wildman–Crippen LogP) is 2.61. The SMILES string of the molecule is O=c1cc(N2CCCCC2)cnn1Cc1cnn(-c2ccccc2F)c1. The van der Waals surface area contributed by atoms with Gasteiger partial charge in [0.1, 0.15) is 11.5 Å². The summed E-state index contributed by atoms with van der Waals surface area (Å²) in [4.78, 5) is 14.6. The van der Waals surface area contributed by atoms with Gasteiger partial charge in [-0.2, -0.15) is 10.2 Å². The lowest BCUT2D eigenvalue weighted by atomic mass is 10.1. The summed E-state index contributed by atoms with van der Waals surface area (Å²) in [6.45, 7) is 2.24. The normalized spacial score (nSPS) is 14.6. The van der Waals surface area contributed by atoms with E-state index in [4.69, 9.17) is 0 Å². The Morgan fingerprint density at radius 2 is 1.85 bits per heavy atom. The molecule has 1 aromatic carbocycles. The molecule has 3 aromatic rings. The van der Waals surface area contributed by atoms with E-state index in [9.17, 15) is 9.18 Å².